The fraction of sp³-hybridized carbons (Fsp3) is 0.158. The molecule has 126 valence electrons. The summed E-state index contributed by atoms with van der Waals surface area (Å²) in [5, 5.41) is 4.36. The molecule has 6 heteroatoms. The van der Waals surface area contributed by atoms with Gasteiger partial charge in [-0.3, -0.25) is 0 Å². The number of aromatic nitrogens is 3. The van der Waals surface area contributed by atoms with Gasteiger partial charge < -0.3 is 19.5 Å². The van der Waals surface area contributed by atoms with Gasteiger partial charge in [0.1, 0.15) is 30.2 Å². The van der Waals surface area contributed by atoms with E-state index in [-0.39, 0.29) is 0 Å². The first-order valence-electron chi connectivity index (χ1n) is 8.08. The fourth-order valence-corrected chi connectivity index (χ4v) is 2.69. The van der Waals surface area contributed by atoms with Crippen LogP contribution in [0.1, 0.15) is 16.9 Å². The molecule has 6 nitrogen and oxygen atoms in total. The fourth-order valence-electron chi connectivity index (χ4n) is 2.69. The monoisotopic (exact) mass is 334 g/mol. The van der Waals surface area contributed by atoms with Crippen molar-refractivity contribution in [2.24, 2.45) is 0 Å². The second kappa shape index (κ2) is 7.19. The largest absolute Gasteiger partial charge is 0.467 e. The third kappa shape index (κ3) is 3.70. The number of ether oxygens (including phenoxy) is 1. The predicted molar refractivity (Wildman–Crippen MR) is 94.9 cm³/mol. The molecule has 0 atom stereocenters. The van der Waals surface area contributed by atoms with Crippen LogP contribution in [0.15, 0.2) is 65.7 Å². The molecular weight excluding hydrogens is 316 g/mol. The minimum Gasteiger partial charge on any atom is -0.467 e. The Morgan fingerprint density at radius 1 is 1.04 bits per heavy atom. The molecule has 0 radical (unpaired) electrons. The standard InChI is InChI=1S/C19H18N4O2/c1-3-14(9-15(4-1)11-24-12-16-5-2-8-25-16)10-21-19-17-6-7-20-18(17)22-13-23-19/h1-9,13H,10-12H2,(H2,20,21,22,23). The van der Waals surface area contributed by atoms with Crippen molar-refractivity contribution in [1.29, 1.82) is 0 Å². The third-order valence-corrected chi connectivity index (χ3v) is 3.90. The average molecular weight is 334 g/mol. The highest BCUT2D eigenvalue weighted by atomic mass is 16.5. The molecule has 0 saturated heterocycles. The van der Waals surface area contributed by atoms with E-state index in [1.165, 1.54) is 5.56 Å². The number of aromatic amines is 1. The van der Waals surface area contributed by atoms with E-state index >= 15 is 0 Å². The summed E-state index contributed by atoms with van der Waals surface area (Å²) >= 11 is 0. The number of hydrogen-bond acceptors (Lipinski definition) is 5. The molecule has 4 aromatic rings. The quantitative estimate of drug-likeness (QED) is 0.536. The number of H-pyrrole nitrogens is 1. The van der Waals surface area contributed by atoms with Crippen LogP contribution in [0.3, 0.4) is 0 Å². The number of benzene rings is 1. The molecule has 0 bridgehead atoms. The van der Waals surface area contributed by atoms with E-state index in [0.717, 1.165) is 28.2 Å². The van der Waals surface area contributed by atoms with E-state index in [1.54, 1.807) is 12.6 Å². The van der Waals surface area contributed by atoms with Gasteiger partial charge in [0.15, 0.2) is 0 Å². The van der Waals surface area contributed by atoms with Gasteiger partial charge in [0.25, 0.3) is 0 Å². The SMILES string of the molecule is c1cc(CNc2ncnc3[nH]ccc23)cc(COCc2ccco2)c1. The summed E-state index contributed by atoms with van der Waals surface area (Å²) in [5.74, 6) is 1.66. The van der Waals surface area contributed by atoms with Crippen LogP contribution in [0.4, 0.5) is 5.82 Å². The molecule has 0 saturated carbocycles. The molecule has 3 heterocycles. The van der Waals surface area contributed by atoms with Gasteiger partial charge in [-0.25, -0.2) is 9.97 Å². The van der Waals surface area contributed by atoms with Gasteiger partial charge in [0.05, 0.1) is 18.3 Å². The maximum atomic E-state index is 5.69. The number of nitrogens with one attached hydrogen (secondary N) is 2. The molecule has 0 aliphatic carbocycles. The lowest BCUT2D eigenvalue weighted by atomic mass is 10.1. The number of anilines is 1. The summed E-state index contributed by atoms with van der Waals surface area (Å²) in [5.41, 5.74) is 3.12. The normalized spacial score (nSPS) is 11.0. The van der Waals surface area contributed by atoms with Crippen LogP contribution in [0.25, 0.3) is 11.0 Å². The van der Waals surface area contributed by atoms with Crippen molar-refractivity contribution in [2.45, 2.75) is 19.8 Å². The van der Waals surface area contributed by atoms with Gasteiger partial charge in [-0.2, -0.15) is 0 Å². The van der Waals surface area contributed by atoms with Crippen molar-refractivity contribution in [3.63, 3.8) is 0 Å². The van der Waals surface area contributed by atoms with Gasteiger partial charge >= 0.3 is 0 Å². The van der Waals surface area contributed by atoms with Crippen molar-refractivity contribution < 1.29 is 9.15 Å². The Morgan fingerprint density at radius 2 is 2.00 bits per heavy atom. The van der Waals surface area contributed by atoms with E-state index in [9.17, 15) is 0 Å². The third-order valence-electron chi connectivity index (χ3n) is 3.90. The summed E-state index contributed by atoms with van der Waals surface area (Å²) in [6.45, 7) is 1.70. The highest BCUT2D eigenvalue weighted by molar-refractivity contribution is 5.86. The van der Waals surface area contributed by atoms with Crippen molar-refractivity contribution >= 4 is 16.9 Å². The van der Waals surface area contributed by atoms with Crippen LogP contribution in [0.2, 0.25) is 0 Å². The number of fused-ring (bicyclic) bond motifs is 1. The number of furan rings is 1. The Morgan fingerprint density at radius 3 is 2.92 bits per heavy atom. The molecule has 0 aliphatic heterocycles. The van der Waals surface area contributed by atoms with E-state index < -0.39 is 0 Å². The molecule has 0 aliphatic rings. The van der Waals surface area contributed by atoms with E-state index in [0.29, 0.717) is 19.8 Å². The number of rotatable bonds is 7. The van der Waals surface area contributed by atoms with E-state index in [4.69, 9.17) is 9.15 Å². The van der Waals surface area contributed by atoms with Crippen LogP contribution >= 0.6 is 0 Å². The van der Waals surface area contributed by atoms with Crippen LogP contribution in [0.5, 0.6) is 0 Å². The average Bonchev–Trinajstić information content (AvgIpc) is 3.32. The molecule has 2 N–H and O–H groups in total. The molecule has 0 fully saturated rings. The zero-order valence-corrected chi connectivity index (χ0v) is 13.6. The summed E-state index contributed by atoms with van der Waals surface area (Å²) in [7, 11) is 0. The van der Waals surface area contributed by atoms with Crippen molar-refractivity contribution in [3.05, 3.63) is 78.1 Å². The molecule has 1 aromatic carbocycles. The Balaban J connectivity index is 1.37. The summed E-state index contributed by atoms with van der Waals surface area (Å²) < 4.78 is 11.0. The minimum absolute atomic E-state index is 0.474. The van der Waals surface area contributed by atoms with Gasteiger partial charge in [0, 0.05) is 12.7 Å². The van der Waals surface area contributed by atoms with Gasteiger partial charge in [-0.05, 0) is 29.3 Å². The Kier molecular flexibility index (Phi) is 4.43. The van der Waals surface area contributed by atoms with Gasteiger partial charge in [-0.1, -0.05) is 24.3 Å². The first-order valence-corrected chi connectivity index (χ1v) is 8.08. The zero-order valence-electron chi connectivity index (χ0n) is 13.6. The molecule has 0 amide bonds. The van der Waals surface area contributed by atoms with Gasteiger partial charge in [0.2, 0.25) is 0 Å². The maximum absolute atomic E-state index is 5.69. The first-order chi connectivity index (χ1) is 12.4. The van der Waals surface area contributed by atoms with E-state index in [1.807, 2.05) is 30.5 Å². The second-order valence-corrected chi connectivity index (χ2v) is 5.71. The molecular formula is C19H18N4O2. The number of nitrogens with zero attached hydrogens (tertiary/aromatic N) is 2. The lowest BCUT2D eigenvalue weighted by molar-refractivity contribution is 0.0929. The van der Waals surface area contributed by atoms with Crippen molar-refractivity contribution in [2.75, 3.05) is 5.32 Å². The summed E-state index contributed by atoms with van der Waals surface area (Å²) in [4.78, 5) is 11.6. The number of hydrogen-bond donors (Lipinski definition) is 2. The van der Waals surface area contributed by atoms with Crippen LogP contribution in [0, 0.1) is 0 Å². The Bertz CT molecular complexity index is 947. The highest BCUT2D eigenvalue weighted by Gasteiger charge is 2.04. The van der Waals surface area contributed by atoms with Crippen molar-refractivity contribution in [1.82, 2.24) is 15.0 Å². The van der Waals surface area contributed by atoms with E-state index in [2.05, 4.69) is 38.5 Å². The Hall–Kier alpha value is -3.12. The van der Waals surface area contributed by atoms with Crippen molar-refractivity contribution in [3.8, 4) is 0 Å². The Labute approximate surface area is 144 Å². The molecule has 0 unspecified atom stereocenters. The smallest absolute Gasteiger partial charge is 0.142 e. The lowest BCUT2D eigenvalue weighted by Gasteiger charge is -2.08. The lowest BCUT2D eigenvalue weighted by Crippen LogP contribution is -2.03. The molecule has 4 rings (SSSR count). The molecule has 3 aromatic heterocycles. The first kappa shape index (κ1) is 15.4. The highest BCUT2D eigenvalue weighted by Crippen LogP contribution is 2.18. The molecule has 0 spiro atoms. The maximum Gasteiger partial charge on any atom is 0.142 e. The minimum atomic E-state index is 0.474. The topological polar surface area (TPSA) is 76.0 Å². The van der Waals surface area contributed by atoms with Gasteiger partial charge in [-0.15, -0.1) is 0 Å². The van der Waals surface area contributed by atoms with Crippen LogP contribution in [-0.2, 0) is 24.5 Å². The zero-order chi connectivity index (χ0) is 16.9. The predicted octanol–water partition coefficient (Wildman–Crippen LogP) is 3.88. The summed E-state index contributed by atoms with van der Waals surface area (Å²) in [6.07, 6.45) is 5.07. The van der Waals surface area contributed by atoms with Crippen LogP contribution < -0.4 is 5.32 Å². The summed E-state index contributed by atoms with van der Waals surface area (Å²) in [6, 6.07) is 14.0. The van der Waals surface area contributed by atoms with Crippen LogP contribution in [-0.4, -0.2) is 15.0 Å². The molecule has 25 heavy (non-hydrogen) atoms. The second-order valence-electron chi connectivity index (χ2n) is 5.71.